The van der Waals surface area contributed by atoms with E-state index in [0.29, 0.717) is 24.7 Å². The lowest BCUT2D eigenvalue weighted by molar-refractivity contribution is -0.123. The largest absolute Gasteiger partial charge is 0.449 e. The van der Waals surface area contributed by atoms with Gasteiger partial charge in [0.25, 0.3) is 5.91 Å². The van der Waals surface area contributed by atoms with Crippen molar-refractivity contribution in [1.29, 1.82) is 0 Å². The molecule has 1 amide bonds. The van der Waals surface area contributed by atoms with Gasteiger partial charge in [-0.2, -0.15) is 4.31 Å². The fraction of sp³-hybridized carbons (Fsp3) is 0.364. The number of esters is 1. The first kappa shape index (κ1) is 22.0. The molecule has 0 aromatic heterocycles. The predicted molar refractivity (Wildman–Crippen MR) is 114 cm³/mol. The number of amides is 1. The van der Waals surface area contributed by atoms with Gasteiger partial charge in [0, 0.05) is 18.8 Å². The summed E-state index contributed by atoms with van der Waals surface area (Å²) in [4.78, 5) is 24.7. The van der Waals surface area contributed by atoms with Gasteiger partial charge in [-0.25, -0.2) is 13.2 Å². The Kier molecular flexibility index (Phi) is 6.89. The van der Waals surface area contributed by atoms with Gasteiger partial charge < -0.3 is 10.1 Å². The number of ether oxygens (including phenoxy) is 1. The summed E-state index contributed by atoms with van der Waals surface area (Å²) in [6, 6.07) is 14.5. The van der Waals surface area contributed by atoms with Crippen LogP contribution in [0.5, 0.6) is 0 Å². The van der Waals surface area contributed by atoms with E-state index in [1.165, 1.54) is 35.5 Å². The highest BCUT2D eigenvalue weighted by Crippen LogP contribution is 2.23. The van der Waals surface area contributed by atoms with E-state index in [2.05, 4.69) is 12.2 Å². The number of carbonyl (C=O) groups excluding carboxylic acids is 2. The van der Waals surface area contributed by atoms with Crippen molar-refractivity contribution in [2.45, 2.75) is 37.7 Å². The number of para-hydroxylation sites is 1. The van der Waals surface area contributed by atoms with Crippen molar-refractivity contribution in [1.82, 2.24) is 4.31 Å². The van der Waals surface area contributed by atoms with Crippen LogP contribution in [-0.4, -0.2) is 43.8 Å². The van der Waals surface area contributed by atoms with Gasteiger partial charge >= 0.3 is 5.97 Å². The molecule has 0 bridgehead atoms. The smallest absolute Gasteiger partial charge is 0.338 e. The first-order chi connectivity index (χ1) is 14.3. The number of hydrogen-bond acceptors (Lipinski definition) is 5. The molecule has 1 fully saturated rings. The Morgan fingerprint density at radius 1 is 1.03 bits per heavy atom. The number of nitrogens with zero attached hydrogens (tertiary/aromatic N) is 1. The van der Waals surface area contributed by atoms with Crippen molar-refractivity contribution < 1.29 is 22.7 Å². The van der Waals surface area contributed by atoms with Crippen molar-refractivity contribution in [3.8, 4) is 0 Å². The fourth-order valence-corrected chi connectivity index (χ4v) is 4.65. The van der Waals surface area contributed by atoms with Crippen LogP contribution < -0.4 is 5.32 Å². The number of hydrogen-bond donors (Lipinski definition) is 1. The molecule has 3 rings (SSSR count). The van der Waals surface area contributed by atoms with Gasteiger partial charge in [-0.15, -0.1) is 0 Å². The van der Waals surface area contributed by atoms with Gasteiger partial charge in [0.15, 0.2) is 6.10 Å². The van der Waals surface area contributed by atoms with E-state index in [0.717, 1.165) is 12.8 Å². The molecule has 1 aliphatic heterocycles. The molecular weight excluding hydrogens is 404 g/mol. The van der Waals surface area contributed by atoms with Crippen molar-refractivity contribution in [2.24, 2.45) is 5.92 Å². The van der Waals surface area contributed by atoms with Crippen LogP contribution in [-0.2, 0) is 19.6 Å². The van der Waals surface area contributed by atoms with Crippen LogP contribution in [0.25, 0.3) is 0 Å². The maximum Gasteiger partial charge on any atom is 0.338 e. The van der Waals surface area contributed by atoms with E-state index in [4.69, 9.17) is 4.74 Å². The summed E-state index contributed by atoms with van der Waals surface area (Å²) in [5.41, 5.74) is 0.785. The second-order valence-electron chi connectivity index (χ2n) is 7.51. The van der Waals surface area contributed by atoms with Gasteiger partial charge in [-0.3, -0.25) is 4.79 Å². The summed E-state index contributed by atoms with van der Waals surface area (Å²) in [6.07, 6.45) is 0.676. The molecule has 1 N–H and O–H groups in total. The van der Waals surface area contributed by atoms with Crippen molar-refractivity contribution >= 4 is 27.6 Å². The predicted octanol–water partition coefficient (Wildman–Crippen LogP) is 3.29. The third-order valence-electron chi connectivity index (χ3n) is 5.16. The Balaban J connectivity index is 1.61. The average molecular weight is 431 g/mol. The lowest BCUT2D eigenvalue weighted by Crippen LogP contribution is -2.37. The summed E-state index contributed by atoms with van der Waals surface area (Å²) >= 11 is 0. The minimum absolute atomic E-state index is 0.142. The van der Waals surface area contributed by atoms with Crippen LogP contribution in [0.4, 0.5) is 5.69 Å². The Labute approximate surface area is 177 Å². The molecule has 1 heterocycles. The Morgan fingerprint density at radius 2 is 1.63 bits per heavy atom. The molecule has 7 nitrogen and oxygen atoms in total. The molecule has 0 aliphatic carbocycles. The van der Waals surface area contributed by atoms with Crippen LogP contribution in [0.2, 0.25) is 0 Å². The monoisotopic (exact) mass is 430 g/mol. The van der Waals surface area contributed by atoms with Gasteiger partial charge in [-0.1, -0.05) is 25.1 Å². The Morgan fingerprint density at radius 3 is 2.23 bits per heavy atom. The molecule has 1 aliphatic rings. The molecule has 2 aromatic rings. The minimum Gasteiger partial charge on any atom is -0.449 e. The number of nitrogens with one attached hydrogen (secondary N) is 1. The summed E-state index contributed by atoms with van der Waals surface area (Å²) < 4.78 is 32.2. The van der Waals surface area contributed by atoms with Gasteiger partial charge in [0.05, 0.1) is 10.5 Å². The van der Waals surface area contributed by atoms with Crippen LogP contribution in [0.15, 0.2) is 59.5 Å². The van der Waals surface area contributed by atoms with Crippen LogP contribution in [0, 0.1) is 5.92 Å². The lowest BCUT2D eigenvalue weighted by Gasteiger charge is -2.29. The summed E-state index contributed by atoms with van der Waals surface area (Å²) in [5.74, 6) is -0.621. The minimum atomic E-state index is -3.58. The lowest BCUT2D eigenvalue weighted by atomic mass is 10.0. The van der Waals surface area contributed by atoms with E-state index in [9.17, 15) is 18.0 Å². The number of rotatable bonds is 6. The maximum absolute atomic E-state index is 12.8. The second-order valence-corrected chi connectivity index (χ2v) is 9.45. The molecule has 30 heavy (non-hydrogen) atoms. The number of carbonyl (C=O) groups is 2. The molecule has 0 radical (unpaired) electrons. The highest BCUT2D eigenvalue weighted by Gasteiger charge is 2.28. The SMILES string of the molecule is CC1CCN(S(=O)(=O)c2ccc(C(=O)OC(C)C(=O)Nc3ccccc3)cc2)CC1. The van der Waals surface area contributed by atoms with Crippen molar-refractivity contribution in [3.63, 3.8) is 0 Å². The van der Waals surface area contributed by atoms with E-state index in [1.54, 1.807) is 24.3 Å². The van der Waals surface area contributed by atoms with Gasteiger partial charge in [0.2, 0.25) is 10.0 Å². The number of benzene rings is 2. The van der Waals surface area contributed by atoms with E-state index in [1.807, 2.05) is 6.07 Å². The molecular formula is C22H26N2O5S. The third kappa shape index (κ3) is 5.25. The molecule has 160 valence electrons. The molecule has 2 aromatic carbocycles. The molecule has 1 unspecified atom stereocenters. The van der Waals surface area contributed by atoms with Gasteiger partial charge in [0.1, 0.15) is 0 Å². The topological polar surface area (TPSA) is 92.8 Å². The number of piperidine rings is 1. The Hall–Kier alpha value is -2.71. The summed E-state index contributed by atoms with van der Waals surface area (Å²) in [5, 5.41) is 2.67. The van der Waals surface area contributed by atoms with Crippen LogP contribution in [0.1, 0.15) is 37.0 Å². The highest BCUT2D eigenvalue weighted by atomic mass is 32.2. The van der Waals surface area contributed by atoms with Crippen molar-refractivity contribution in [2.75, 3.05) is 18.4 Å². The van der Waals surface area contributed by atoms with Crippen LogP contribution >= 0.6 is 0 Å². The molecule has 1 saturated heterocycles. The van der Waals surface area contributed by atoms with E-state index >= 15 is 0 Å². The normalized spacial score (nSPS) is 16.6. The number of anilines is 1. The standard InChI is InChI=1S/C22H26N2O5S/c1-16-12-14-24(15-13-16)30(27,28)20-10-8-18(9-11-20)22(26)29-17(2)21(25)23-19-6-4-3-5-7-19/h3-11,16-17H,12-15H2,1-2H3,(H,23,25). The van der Waals surface area contributed by atoms with Crippen molar-refractivity contribution in [3.05, 3.63) is 60.2 Å². The zero-order chi connectivity index (χ0) is 21.7. The zero-order valence-electron chi connectivity index (χ0n) is 17.1. The first-order valence-electron chi connectivity index (χ1n) is 9.94. The zero-order valence-corrected chi connectivity index (χ0v) is 17.9. The second kappa shape index (κ2) is 9.40. The molecule has 8 heteroatoms. The fourth-order valence-electron chi connectivity index (χ4n) is 3.18. The van der Waals surface area contributed by atoms with E-state index < -0.39 is 28.0 Å². The van der Waals surface area contributed by atoms with E-state index in [-0.39, 0.29) is 10.5 Å². The Bertz CT molecular complexity index is 982. The molecule has 1 atom stereocenters. The average Bonchev–Trinajstić information content (AvgIpc) is 2.74. The summed E-state index contributed by atoms with van der Waals surface area (Å²) in [7, 11) is -3.58. The first-order valence-corrected chi connectivity index (χ1v) is 11.4. The highest BCUT2D eigenvalue weighted by molar-refractivity contribution is 7.89. The maximum atomic E-state index is 12.8. The number of sulfonamides is 1. The van der Waals surface area contributed by atoms with Gasteiger partial charge in [-0.05, 0) is 62.1 Å². The third-order valence-corrected chi connectivity index (χ3v) is 7.08. The van der Waals surface area contributed by atoms with Crippen LogP contribution in [0.3, 0.4) is 0 Å². The quantitative estimate of drug-likeness (QED) is 0.710. The molecule has 0 spiro atoms. The molecule has 0 saturated carbocycles. The summed E-state index contributed by atoms with van der Waals surface area (Å²) in [6.45, 7) is 4.60.